The molecule has 0 aromatic heterocycles. The zero-order chi connectivity index (χ0) is 18.8. The molecule has 2 aromatic carbocycles. The maximum atomic E-state index is 12.9. The topological polar surface area (TPSA) is 89.8 Å². The first kappa shape index (κ1) is 17.6. The number of carbonyl (C=O) groups is 2. The van der Waals surface area contributed by atoms with E-state index in [1.807, 2.05) is 24.3 Å². The number of fused-ring (bicyclic) bond motifs is 1. The number of nitro benzene ring substituents is 1. The van der Waals surface area contributed by atoms with Crippen LogP contribution in [0.25, 0.3) is 0 Å². The third-order valence-corrected chi connectivity index (χ3v) is 4.69. The summed E-state index contributed by atoms with van der Waals surface area (Å²) in [5.74, 6) is -1.10. The lowest BCUT2D eigenvalue weighted by molar-refractivity contribution is -0.384. The fraction of sp³-hybridized carbons (Fsp3) is 0.263. The van der Waals surface area contributed by atoms with Crippen LogP contribution in [0.1, 0.15) is 44.3 Å². The van der Waals surface area contributed by atoms with Crippen LogP contribution in [0.5, 0.6) is 0 Å². The standard InChI is InChI=1S/C19H18N2O5/c1-20(17-8-7-12-5-3-4-6-16(12)17)18(22)13-9-14(19(23)26-2)11-15(10-13)21(24)25/h3-6,9-11,17H,7-8H2,1-2H3/t17-/m0/s1. The van der Waals surface area contributed by atoms with Crippen molar-refractivity contribution >= 4 is 17.6 Å². The normalized spacial score (nSPS) is 15.2. The van der Waals surface area contributed by atoms with E-state index < -0.39 is 10.9 Å². The molecule has 0 unspecified atom stereocenters. The molecule has 1 atom stereocenters. The molecule has 0 spiro atoms. The molecule has 0 fully saturated rings. The maximum absolute atomic E-state index is 12.9. The van der Waals surface area contributed by atoms with Gasteiger partial charge in [0.1, 0.15) is 0 Å². The number of non-ortho nitro benzene ring substituents is 1. The predicted octanol–water partition coefficient (Wildman–Crippen LogP) is 3.14. The molecular formula is C19H18N2O5. The van der Waals surface area contributed by atoms with E-state index in [9.17, 15) is 19.7 Å². The lowest BCUT2D eigenvalue weighted by Gasteiger charge is -2.25. The van der Waals surface area contributed by atoms with Crippen molar-refractivity contribution in [1.82, 2.24) is 4.90 Å². The van der Waals surface area contributed by atoms with Gasteiger partial charge in [-0.2, -0.15) is 0 Å². The largest absolute Gasteiger partial charge is 0.465 e. The minimum absolute atomic E-state index is 0.0229. The van der Waals surface area contributed by atoms with Gasteiger partial charge in [-0.15, -0.1) is 0 Å². The second-order valence-electron chi connectivity index (χ2n) is 6.19. The number of hydrogen-bond acceptors (Lipinski definition) is 5. The number of esters is 1. The summed E-state index contributed by atoms with van der Waals surface area (Å²) in [4.78, 5) is 36.8. The third kappa shape index (κ3) is 3.15. The molecule has 0 saturated carbocycles. The molecule has 0 aliphatic heterocycles. The smallest absolute Gasteiger partial charge is 0.338 e. The summed E-state index contributed by atoms with van der Waals surface area (Å²) in [6.45, 7) is 0. The van der Waals surface area contributed by atoms with Gasteiger partial charge in [0.2, 0.25) is 0 Å². The molecule has 1 aliphatic rings. The van der Waals surface area contributed by atoms with Crippen molar-refractivity contribution in [2.75, 3.05) is 14.2 Å². The van der Waals surface area contributed by atoms with Crippen molar-refractivity contribution < 1.29 is 19.2 Å². The van der Waals surface area contributed by atoms with Gasteiger partial charge in [-0.3, -0.25) is 14.9 Å². The van der Waals surface area contributed by atoms with Gasteiger partial charge in [0.25, 0.3) is 11.6 Å². The van der Waals surface area contributed by atoms with E-state index in [0.29, 0.717) is 0 Å². The highest BCUT2D eigenvalue weighted by atomic mass is 16.6. The van der Waals surface area contributed by atoms with Crippen molar-refractivity contribution in [3.05, 3.63) is 74.8 Å². The number of methoxy groups -OCH3 is 1. The van der Waals surface area contributed by atoms with Crippen LogP contribution < -0.4 is 0 Å². The second-order valence-corrected chi connectivity index (χ2v) is 6.19. The molecule has 7 heteroatoms. The number of amides is 1. The van der Waals surface area contributed by atoms with Gasteiger partial charge in [-0.05, 0) is 30.0 Å². The van der Waals surface area contributed by atoms with Crippen molar-refractivity contribution in [2.45, 2.75) is 18.9 Å². The lowest BCUT2D eigenvalue weighted by atomic mass is 10.0. The number of hydrogen-bond donors (Lipinski definition) is 0. The first-order valence-electron chi connectivity index (χ1n) is 8.15. The van der Waals surface area contributed by atoms with Crippen molar-refractivity contribution in [2.24, 2.45) is 0 Å². The van der Waals surface area contributed by atoms with Gasteiger partial charge in [0, 0.05) is 24.7 Å². The van der Waals surface area contributed by atoms with Crippen LogP contribution in [0, 0.1) is 10.1 Å². The van der Waals surface area contributed by atoms with Crippen molar-refractivity contribution in [3.63, 3.8) is 0 Å². The van der Waals surface area contributed by atoms with E-state index in [0.717, 1.165) is 24.5 Å². The minimum atomic E-state index is -0.725. The lowest BCUT2D eigenvalue weighted by Crippen LogP contribution is -2.30. The number of rotatable bonds is 4. The molecule has 1 aliphatic carbocycles. The summed E-state index contributed by atoms with van der Waals surface area (Å²) >= 11 is 0. The summed E-state index contributed by atoms with van der Waals surface area (Å²) in [5, 5.41) is 11.2. The van der Waals surface area contributed by atoms with Crippen LogP contribution in [0.2, 0.25) is 0 Å². The van der Waals surface area contributed by atoms with E-state index in [2.05, 4.69) is 4.74 Å². The third-order valence-electron chi connectivity index (χ3n) is 4.69. The molecule has 2 aromatic rings. The Morgan fingerprint density at radius 2 is 1.88 bits per heavy atom. The first-order chi connectivity index (χ1) is 12.4. The summed E-state index contributed by atoms with van der Waals surface area (Å²) in [7, 11) is 2.86. The number of nitro groups is 1. The van der Waals surface area contributed by atoms with Gasteiger partial charge in [0.05, 0.1) is 23.6 Å². The van der Waals surface area contributed by atoms with E-state index >= 15 is 0 Å². The number of carbonyl (C=O) groups excluding carboxylic acids is 2. The van der Waals surface area contributed by atoms with E-state index in [-0.39, 0.29) is 28.8 Å². The number of nitrogens with zero attached hydrogens (tertiary/aromatic N) is 2. The summed E-state index contributed by atoms with van der Waals surface area (Å²) in [6.07, 6.45) is 1.67. The molecule has 0 heterocycles. The monoisotopic (exact) mass is 354 g/mol. The van der Waals surface area contributed by atoms with Crippen LogP contribution in [0.15, 0.2) is 42.5 Å². The van der Waals surface area contributed by atoms with Crippen LogP contribution in [0.3, 0.4) is 0 Å². The molecule has 3 rings (SSSR count). The van der Waals surface area contributed by atoms with Crippen LogP contribution in [-0.4, -0.2) is 35.9 Å². The molecule has 0 N–H and O–H groups in total. The maximum Gasteiger partial charge on any atom is 0.338 e. The van der Waals surface area contributed by atoms with E-state index in [1.165, 1.54) is 24.8 Å². The Morgan fingerprint density at radius 1 is 1.19 bits per heavy atom. The number of benzene rings is 2. The fourth-order valence-corrected chi connectivity index (χ4v) is 3.36. The molecule has 0 radical (unpaired) electrons. The SMILES string of the molecule is COC(=O)c1cc(C(=O)N(C)[C@H]2CCc3ccccc32)cc([N+](=O)[O-])c1. The fourth-order valence-electron chi connectivity index (χ4n) is 3.36. The van der Waals surface area contributed by atoms with Gasteiger partial charge in [-0.25, -0.2) is 4.79 Å². The highest BCUT2D eigenvalue weighted by molar-refractivity contribution is 5.99. The molecule has 134 valence electrons. The molecule has 0 bridgehead atoms. The highest BCUT2D eigenvalue weighted by Crippen LogP contribution is 2.35. The highest BCUT2D eigenvalue weighted by Gasteiger charge is 2.30. The summed E-state index contributed by atoms with van der Waals surface area (Å²) in [5.41, 5.74) is 2.03. The van der Waals surface area contributed by atoms with Gasteiger partial charge < -0.3 is 9.64 Å². The zero-order valence-electron chi connectivity index (χ0n) is 14.5. The Kier molecular flexibility index (Phi) is 4.71. The average molecular weight is 354 g/mol. The first-order valence-corrected chi connectivity index (χ1v) is 8.15. The van der Waals surface area contributed by atoms with E-state index in [1.54, 1.807) is 11.9 Å². The molecule has 1 amide bonds. The van der Waals surface area contributed by atoms with Crippen LogP contribution >= 0.6 is 0 Å². The van der Waals surface area contributed by atoms with Crippen molar-refractivity contribution in [3.8, 4) is 0 Å². The van der Waals surface area contributed by atoms with E-state index in [4.69, 9.17) is 0 Å². The minimum Gasteiger partial charge on any atom is -0.465 e. The Morgan fingerprint density at radius 3 is 2.58 bits per heavy atom. The zero-order valence-corrected chi connectivity index (χ0v) is 14.5. The molecule has 7 nitrogen and oxygen atoms in total. The Balaban J connectivity index is 1.95. The number of aryl methyl sites for hydroxylation is 1. The quantitative estimate of drug-likeness (QED) is 0.478. The Bertz CT molecular complexity index is 893. The Hall–Kier alpha value is -3.22. The average Bonchev–Trinajstić information content (AvgIpc) is 3.09. The molecule has 26 heavy (non-hydrogen) atoms. The second kappa shape index (κ2) is 6.95. The van der Waals surface area contributed by atoms with Gasteiger partial charge in [-0.1, -0.05) is 24.3 Å². The van der Waals surface area contributed by atoms with Crippen molar-refractivity contribution in [1.29, 1.82) is 0 Å². The van der Waals surface area contributed by atoms with Gasteiger partial charge >= 0.3 is 5.97 Å². The summed E-state index contributed by atoms with van der Waals surface area (Å²) in [6, 6.07) is 11.4. The molecule has 0 saturated heterocycles. The van der Waals surface area contributed by atoms with Crippen LogP contribution in [0.4, 0.5) is 5.69 Å². The van der Waals surface area contributed by atoms with Gasteiger partial charge in [0.15, 0.2) is 0 Å². The Labute approximate surface area is 150 Å². The predicted molar refractivity (Wildman–Crippen MR) is 94.0 cm³/mol. The van der Waals surface area contributed by atoms with Crippen LogP contribution in [-0.2, 0) is 11.2 Å². The number of ether oxygens (including phenoxy) is 1. The molecular weight excluding hydrogens is 336 g/mol. The summed E-state index contributed by atoms with van der Waals surface area (Å²) < 4.78 is 4.63.